The Hall–Kier alpha value is -2.53. The van der Waals surface area contributed by atoms with Crippen molar-refractivity contribution in [2.24, 2.45) is 0 Å². The van der Waals surface area contributed by atoms with Crippen molar-refractivity contribution < 1.29 is 19.1 Å². The molecule has 0 heterocycles. The van der Waals surface area contributed by atoms with Crippen LogP contribution in [0.15, 0.2) is 42.5 Å². The molecule has 2 aromatic carbocycles. The van der Waals surface area contributed by atoms with Crippen molar-refractivity contribution in [2.75, 3.05) is 11.9 Å². The summed E-state index contributed by atoms with van der Waals surface area (Å²) < 4.78 is 10.4. The molecule has 1 N–H and O–H groups in total. The van der Waals surface area contributed by atoms with E-state index in [1.54, 1.807) is 37.3 Å². The first-order valence-electron chi connectivity index (χ1n) is 7.81. The molecule has 0 bridgehead atoms. The summed E-state index contributed by atoms with van der Waals surface area (Å²) in [6, 6.07) is 12.2. The maximum Gasteiger partial charge on any atom is 0.347 e. The third-order valence-corrected chi connectivity index (χ3v) is 3.85. The van der Waals surface area contributed by atoms with E-state index in [1.807, 2.05) is 26.0 Å². The van der Waals surface area contributed by atoms with Crippen molar-refractivity contribution in [3.8, 4) is 5.75 Å². The minimum absolute atomic E-state index is 0.375. The van der Waals surface area contributed by atoms with Gasteiger partial charge < -0.3 is 14.8 Å². The predicted octanol–water partition coefficient (Wildman–Crippen LogP) is 3.91. The molecule has 0 saturated carbocycles. The van der Waals surface area contributed by atoms with E-state index in [0.717, 1.165) is 11.1 Å². The number of hydrogen-bond acceptors (Lipinski definition) is 4. The number of carbonyl (C=O) groups is 2. The summed E-state index contributed by atoms with van der Waals surface area (Å²) >= 11 is 5.79. The SMILES string of the molecule is Cc1ccc(NC(=O)COC(=O)[C@H](C)Oc2ccc(Cl)cc2)cc1C. The Morgan fingerprint density at radius 1 is 1.08 bits per heavy atom. The van der Waals surface area contributed by atoms with Crippen molar-refractivity contribution in [2.45, 2.75) is 26.9 Å². The molecule has 0 aliphatic heterocycles. The standard InChI is InChI=1S/C19H20ClNO4/c1-12-4-7-16(10-13(12)2)21-18(22)11-24-19(23)14(3)25-17-8-5-15(20)6-9-17/h4-10,14H,11H2,1-3H3,(H,21,22)/t14-/m0/s1. The van der Waals surface area contributed by atoms with Crippen molar-refractivity contribution in [1.82, 2.24) is 0 Å². The molecule has 0 aliphatic carbocycles. The summed E-state index contributed by atoms with van der Waals surface area (Å²) in [4.78, 5) is 23.8. The van der Waals surface area contributed by atoms with Crippen LogP contribution in [0.25, 0.3) is 0 Å². The minimum atomic E-state index is -0.837. The summed E-state index contributed by atoms with van der Waals surface area (Å²) in [5.74, 6) is -0.533. The molecule has 0 aromatic heterocycles. The van der Waals surface area contributed by atoms with Crippen LogP contribution >= 0.6 is 11.6 Å². The Balaban J connectivity index is 1.80. The molecular weight excluding hydrogens is 342 g/mol. The number of ether oxygens (including phenoxy) is 2. The second-order valence-electron chi connectivity index (χ2n) is 5.67. The van der Waals surface area contributed by atoms with Crippen molar-refractivity contribution in [1.29, 1.82) is 0 Å². The highest BCUT2D eigenvalue weighted by atomic mass is 35.5. The van der Waals surface area contributed by atoms with E-state index in [9.17, 15) is 9.59 Å². The van der Waals surface area contributed by atoms with Crippen LogP contribution in [0.3, 0.4) is 0 Å². The van der Waals surface area contributed by atoms with Gasteiger partial charge in [0.1, 0.15) is 5.75 Å². The van der Waals surface area contributed by atoms with E-state index in [2.05, 4.69) is 5.32 Å². The molecule has 2 aromatic rings. The van der Waals surface area contributed by atoms with Crippen LogP contribution in [0.2, 0.25) is 5.02 Å². The number of halogens is 1. The largest absolute Gasteiger partial charge is 0.479 e. The number of amides is 1. The zero-order chi connectivity index (χ0) is 18.4. The Morgan fingerprint density at radius 2 is 1.76 bits per heavy atom. The van der Waals surface area contributed by atoms with Gasteiger partial charge in [0.15, 0.2) is 12.7 Å². The number of hydrogen-bond donors (Lipinski definition) is 1. The lowest BCUT2D eigenvalue weighted by molar-refractivity contribution is -0.153. The average Bonchev–Trinajstić information content (AvgIpc) is 2.58. The zero-order valence-corrected chi connectivity index (χ0v) is 15.1. The van der Waals surface area contributed by atoms with E-state index in [1.165, 1.54) is 0 Å². The van der Waals surface area contributed by atoms with Crippen LogP contribution in [0, 0.1) is 13.8 Å². The van der Waals surface area contributed by atoms with Gasteiger partial charge >= 0.3 is 5.97 Å². The first-order valence-corrected chi connectivity index (χ1v) is 8.19. The van der Waals surface area contributed by atoms with Crippen molar-refractivity contribution in [3.63, 3.8) is 0 Å². The van der Waals surface area contributed by atoms with E-state index in [-0.39, 0.29) is 6.61 Å². The van der Waals surface area contributed by atoms with E-state index < -0.39 is 18.0 Å². The van der Waals surface area contributed by atoms with Gasteiger partial charge in [0.05, 0.1) is 0 Å². The summed E-state index contributed by atoms with van der Waals surface area (Å²) in [6.07, 6.45) is -0.837. The quantitative estimate of drug-likeness (QED) is 0.792. The molecule has 5 nitrogen and oxygen atoms in total. The number of benzene rings is 2. The van der Waals surface area contributed by atoms with Gasteiger partial charge in [-0.05, 0) is 68.3 Å². The van der Waals surface area contributed by atoms with Gasteiger partial charge in [0, 0.05) is 10.7 Å². The van der Waals surface area contributed by atoms with Gasteiger partial charge in [-0.1, -0.05) is 17.7 Å². The molecule has 0 unspecified atom stereocenters. The third kappa shape index (κ3) is 5.80. The normalized spacial score (nSPS) is 11.5. The van der Waals surface area contributed by atoms with Crippen LogP contribution in [0.5, 0.6) is 5.75 Å². The highest BCUT2D eigenvalue weighted by Crippen LogP contribution is 2.17. The molecular formula is C19H20ClNO4. The average molecular weight is 362 g/mol. The fourth-order valence-corrected chi connectivity index (χ4v) is 2.16. The Kier molecular flexibility index (Phi) is 6.42. The summed E-state index contributed by atoms with van der Waals surface area (Å²) in [5, 5.41) is 3.26. The maximum atomic E-state index is 11.9. The minimum Gasteiger partial charge on any atom is -0.479 e. The molecule has 132 valence electrons. The topological polar surface area (TPSA) is 64.6 Å². The lowest BCUT2D eigenvalue weighted by Crippen LogP contribution is -2.29. The Morgan fingerprint density at radius 3 is 2.40 bits per heavy atom. The molecule has 0 saturated heterocycles. The highest BCUT2D eigenvalue weighted by Gasteiger charge is 2.18. The first kappa shape index (κ1) is 18.8. The lowest BCUT2D eigenvalue weighted by Gasteiger charge is -2.14. The van der Waals surface area contributed by atoms with Crippen LogP contribution in [0.4, 0.5) is 5.69 Å². The molecule has 6 heteroatoms. The second-order valence-corrected chi connectivity index (χ2v) is 6.11. The molecule has 2 rings (SSSR count). The number of aryl methyl sites for hydroxylation is 2. The second kappa shape index (κ2) is 8.53. The first-order chi connectivity index (χ1) is 11.8. The molecule has 0 fully saturated rings. The maximum absolute atomic E-state index is 11.9. The zero-order valence-electron chi connectivity index (χ0n) is 14.3. The smallest absolute Gasteiger partial charge is 0.347 e. The molecule has 25 heavy (non-hydrogen) atoms. The number of carbonyl (C=O) groups excluding carboxylic acids is 2. The monoisotopic (exact) mass is 361 g/mol. The van der Waals surface area contributed by atoms with E-state index in [4.69, 9.17) is 21.1 Å². The number of rotatable bonds is 6. The van der Waals surface area contributed by atoms with Gasteiger partial charge in [0.2, 0.25) is 0 Å². The fraction of sp³-hybridized carbons (Fsp3) is 0.263. The van der Waals surface area contributed by atoms with Crippen LogP contribution in [0.1, 0.15) is 18.1 Å². The number of anilines is 1. The molecule has 1 amide bonds. The molecule has 1 atom stereocenters. The van der Waals surface area contributed by atoms with Gasteiger partial charge in [-0.3, -0.25) is 4.79 Å². The number of esters is 1. The predicted molar refractivity (Wildman–Crippen MR) is 97.0 cm³/mol. The molecule has 0 radical (unpaired) electrons. The van der Waals surface area contributed by atoms with Crippen LogP contribution in [-0.2, 0) is 14.3 Å². The number of nitrogens with one attached hydrogen (secondary N) is 1. The van der Waals surface area contributed by atoms with Crippen molar-refractivity contribution >= 4 is 29.2 Å². The van der Waals surface area contributed by atoms with E-state index >= 15 is 0 Å². The van der Waals surface area contributed by atoms with Gasteiger partial charge in [-0.15, -0.1) is 0 Å². The van der Waals surface area contributed by atoms with E-state index in [0.29, 0.717) is 16.5 Å². The lowest BCUT2D eigenvalue weighted by atomic mass is 10.1. The molecule has 0 spiro atoms. The summed E-state index contributed by atoms with van der Waals surface area (Å²) in [5.41, 5.74) is 2.87. The van der Waals surface area contributed by atoms with Crippen LogP contribution < -0.4 is 10.1 Å². The van der Waals surface area contributed by atoms with Gasteiger partial charge in [-0.2, -0.15) is 0 Å². The van der Waals surface area contributed by atoms with Gasteiger partial charge in [-0.25, -0.2) is 4.79 Å². The summed E-state index contributed by atoms with van der Waals surface area (Å²) in [7, 11) is 0. The van der Waals surface area contributed by atoms with Gasteiger partial charge in [0.25, 0.3) is 5.91 Å². The van der Waals surface area contributed by atoms with Crippen LogP contribution in [-0.4, -0.2) is 24.6 Å². The highest BCUT2D eigenvalue weighted by molar-refractivity contribution is 6.30. The fourth-order valence-electron chi connectivity index (χ4n) is 2.04. The molecule has 0 aliphatic rings. The Labute approximate surface area is 151 Å². The van der Waals surface area contributed by atoms with Crippen molar-refractivity contribution in [3.05, 3.63) is 58.6 Å². The Bertz CT molecular complexity index is 759. The third-order valence-electron chi connectivity index (χ3n) is 3.59. The summed E-state index contributed by atoms with van der Waals surface area (Å²) in [6.45, 7) is 5.13.